The molecule has 0 saturated carbocycles. The number of hydrogen-bond donors (Lipinski definition) is 1. The Balaban J connectivity index is 1.76. The van der Waals surface area contributed by atoms with Gasteiger partial charge in [0, 0.05) is 19.2 Å². The average molecular weight is 325 g/mol. The molecule has 0 aliphatic rings. The highest BCUT2D eigenvalue weighted by Crippen LogP contribution is 2.16. The van der Waals surface area contributed by atoms with Gasteiger partial charge in [0.2, 0.25) is 5.91 Å². The molecule has 0 bridgehead atoms. The minimum atomic E-state index is -0.223. The lowest BCUT2D eigenvalue weighted by atomic mass is 10.2. The van der Waals surface area contributed by atoms with E-state index in [1.807, 2.05) is 48.5 Å². The molecule has 0 aliphatic carbocycles. The predicted molar refractivity (Wildman–Crippen MR) is 92.0 cm³/mol. The summed E-state index contributed by atoms with van der Waals surface area (Å²) in [6, 6.07) is 14.9. The van der Waals surface area contributed by atoms with Gasteiger partial charge in [0.15, 0.2) is 0 Å². The van der Waals surface area contributed by atoms with Crippen LogP contribution in [-0.2, 0) is 24.9 Å². The molecule has 2 aromatic carbocycles. The van der Waals surface area contributed by atoms with Crippen molar-refractivity contribution < 1.29 is 9.53 Å². The summed E-state index contributed by atoms with van der Waals surface area (Å²) in [6.07, 6.45) is 0. The van der Waals surface area contributed by atoms with Crippen LogP contribution in [0, 0.1) is 0 Å². The summed E-state index contributed by atoms with van der Waals surface area (Å²) in [5, 5.41) is 2.84. The van der Waals surface area contributed by atoms with Gasteiger partial charge in [-0.1, -0.05) is 30.3 Å². The van der Waals surface area contributed by atoms with Crippen LogP contribution in [0.3, 0.4) is 0 Å². The van der Waals surface area contributed by atoms with Gasteiger partial charge in [-0.15, -0.1) is 0 Å². The lowest BCUT2D eigenvalue weighted by molar-refractivity contribution is -0.121. The number of methoxy groups -OCH3 is 1. The molecule has 0 spiro atoms. The molecule has 0 radical (unpaired) electrons. The molecule has 124 valence electrons. The van der Waals surface area contributed by atoms with Crippen molar-refractivity contribution in [1.82, 2.24) is 14.5 Å². The summed E-state index contributed by atoms with van der Waals surface area (Å²) < 4.78 is 8.29. The van der Waals surface area contributed by atoms with E-state index in [0.29, 0.717) is 6.54 Å². The molecule has 0 aliphatic heterocycles. The van der Waals surface area contributed by atoms with Crippen LogP contribution in [0.1, 0.15) is 5.56 Å². The molecule has 1 N–H and O–H groups in total. The number of amides is 1. The molecule has 0 atom stereocenters. The minimum Gasteiger partial charge on any atom is -0.496 e. The number of hydrogen-bond acceptors (Lipinski definition) is 3. The summed E-state index contributed by atoms with van der Waals surface area (Å²) in [5.41, 5.74) is 2.24. The number of imidazole rings is 1. The Hall–Kier alpha value is -3.02. The van der Waals surface area contributed by atoms with Crippen molar-refractivity contribution >= 4 is 16.9 Å². The summed E-state index contributed by atoms with van der Waals surface area (Å²) in [7, 11) is 3.30. The molecule has 1 amide bonds. The van der Waals surface area contributed by atoms with Crippen molar-refractivity contribution in [2.24, 2.45) is 7.05 Å². The number of nitrogens with one attached hydrogen (secondary N) is 1. The van der Waals surface area contributed by atoms with Gasteiger partial charge in [-0.3, -0.25) is 13.9 Å². The number of nitrogens with zero attached hydrogens (tertiary/aromatic N) is 2. The van der Waals surface area contributed by atoms with Crippen LogP contribution in [0.4, 0.5) is 0 Å². The highest BCUT2D eigenvalue weighted by atomic mass is 16.5. The Morgan fingerprint density at radius 3 is 2.50 bits per heavy atom. The average Bonchev–Trinajstić information content (AvgIpc) is 2.85. The predicted octanol–water partition coefficient (Wildman–Crippen LogP) is 1.66. The number of carbonyl (C=O) groups is 1. The molecule has 0 unspecified atom stereocenters. The van der Waals surface area contributed by atoms with E-state index in [9.17, 15) is 9.59 Å². The van der Waals surface area contributed by atoms with Gasteiger partial charge in [0.05, 0.1) is 18.1 Å². The van der Waals surface area contributed by atoms with Crippen LogP contribution in [0.15, 0.2) is 53.3 Å². The van der Waals surface area contributed by atoms with Gasteiger partial charge in [-0.2, -0.15) is 0 Å². The van der Waals surface area contributed by atoms with Crippen LogP contribution >= 0.6 is 0 Å². The molecule has 3 rings (SSSR count). The van der Waals surface area contributed by atoms with Crippen molar-refractivity contribution in [2.45, 2.75) is 13.1 Å². The fourth-order valence-electron chi connectivity index (χ4n) is 2.76. The number of benzene rings is 2. The van der Waals surface area contributed by atoms with Crippen LogP contribution in [0.5, 0.6) is 5.75 Å². The molecule has 1 aromatic heterocycles. The van der Waals surface area contributed by atoms with E-state index in [0.717, 1.165) is 22.3 Å². The van der Waals surface area contributed by atoms with Crippen molar-refractivity contribution in [3.63, 3.8) is 0 Å². The van der Waals surface area contributed by atoms with Gasteiger partial charge in [0.25, 0.3) is 0 Å². The highest BCUT2D eigenvalue weighted by Gasteiger charge is 2.13. The van der Waals surface area contributed by atoms with Crippen molar-refractivity contribution in [3.8, 4) is 5.75 Å². The second-order valence-corrected chi connectivity index (χ2v) is 5.51. The summed E-state index contributed by atoms with van der Waals surface area (Å²) in [5.74, 6) is 0.500. The fourth-order valence-corrected chi connectivity index (χ4v) is 2.76. The number of para-hydroxylation sites is 3. The highest BCUT2D eigenvalue weighted by molar-refractivity contribution is 5.80. The summed E-state index contributed by atoms with van der Waals surface area (Å²) in [4.78, 5) is 24.6. The van der Waals surface area contributed by atoms with E-state index in [1.54, 1.807) is 18.7 Å². The summed E-state index contributed by atoms with van der Waals surface area (Å²) >= 11 is 0. The molecule has 1 heterocycles. The zero-order valence-corrected chi connectivity index (χ0v) is 13.7. The van der Waals surface area contributed by atoms with E-state index in [2.05, 4.69) is 5.32 Å². The van der Waals surface area contributed by atoms with Gasteiger partial charge < -0.3 is 10.1 Å². The zero-order valence-electron chi connectivity index (χ0n) is 13.7. The lowest BCUT2D eigenvalue weighted by Crippen LogP contribution is -2.32. The SMILES string of the molecule is COc1ccccc1CNC(=O)Cn1c(=O)n(C)c2ccccc21. The maximum atomic E-state index is 12.3. The Kier molecular flexibility index (Phi) is 4.37. The number of rotatable bonds is 5. The molecule has 6 nitrogen and oxygen atoms in total. The monoisotopic (exact) mass is 325 g/mol. The van der Waals surface area contributed by atoms with Crippen LogP contribution in [0.25, 0.3) is 11.0 Å². The zero-order chi connectivity index (χ0) is 17.1. The van der Waals surface area contributed by atoms with Gasteiger partial charge >= 0.3 is 5.69 Å². The van der Waals surface area contributed by atoms with Gasteiger partial charge in [0.1, 0.15) is 12.3 Å². The third kappa shape index (κ3) is 2.90. The number of ether oxygens (including phenoxy) is 1. The summed E-state index contributed by atoms with van der Waals surface area (Å²) in [6.45, 7) is 0.331. The van der Waals surface area contributed by atoms with E-state index in [4.69, 9.17) is 4.74 Å². The van der Waals surface area contributed by atoms with E-state index in [-0.39, 0.29) is 18.1 Å². The Bertz CT molecular complexity index is 940. The first-order valence-corrected chi connectivity index (χ1v) is 7.64. The lowest BCUT2D eigenvalue weighted by Gasteiger charge is -2.10. The van der Waals surface area contributed by atoms with E-state index < -0.39 is 0 Å². The van der Waals surface area contributed by atoms with Crippen LogP contribution < -0.4 is 15.7 Å². The van der Waals surface area contributed by atoms with Crippen LogP contribution in [-0.4, -0.2) is 22.2 Å². The number of aromatic nitrogens is 2. The minimum absolute atomic E-state index is 0.0185. The van der Waals surface area contributed by atoms with Gasteiger partial charge in [-0.05, 0) is 18.2 Å². The molecule has 3 aromatic rings. The van der Waals surface area contributed by atoms with Crippen molar-refractivity contribution in [3.05, 3.63) is 64.6 Å². The maximum absolute atomic E-state index is 12.3. The Morgan fingerprint density at radius 1 is 1.08 bits per heavy atom. The number of carbonyl (C=O) groups excluding carboxylic acids is 1. The standard InChI is InChI=1S/C18H19N3O3/c1-20-14-8-4-5-9-15(14)21(18(20)23)12-17(22)19-11-13-7-3-6-10-16(13)24-2/h3-10H,11-12H2,1-2H3,(H,19,22). The Morgan fingerprint density at radius 2 is 1.75 bits per heavy atom. The number of fused-ring (bicyclic) bond motifs is 1. The molecule has 0 fully saturated rings. The largest absolute Gasteiger partial charge is 0.496 e. The van der Waals surface area contributed by atoms with E-state index >= 15 is 0 Å². The molecular formula is C18H19N3O3. The third-order valence-electron chi connectivity index (χ3n) is 4.02. The second-order valence-electron chi connectivity index (χ2n) is 5.51. The fraction of sp³-hybridized carbons (Fsp3) is 0.222. The maximum Gasteiger partial charge on any atom is 0.329 e. The third-order valence-corrected chi connectivity index (χ3v) is 4.02. The molecule has 0 saturated heterocycles. The first kappa shape index (κ1) is 15.9. The quantitative estimate of drug-likeness (QED) is 0.776. The first-order chi connectivity index (χ1) is 11.6. The van der Waals surface area contributed by atoms with Crippen molar-refractivity contribution in [2.75, 3.05) is 7.11 Å². The topological polar surface area (TPSA) is 65.3 Å². The van der Waals surface area contributed by atoms with E-state index in [1.165, 1.54) is 4.57 Å². The second kappa shape index (κ2) is 6.62. The van der Waals surface area contributed by atoms with Gasteiger partial charge in [-0.25, -0.2) is 4.79 Å². The molecule has 6 heteroatoms. The normalized spacial score (nSPS) is 10.8. The molecule has 24 heavy (non-hydrogen) atoms. The first-order valence-electron chi connectivity index (χ1n) is 7.64. The number of aryl methyl sites for hydroxylation is 1. The van der Waals surface area contributed by atoms with Crippen molar-refractivity contribution in [1.29, 1.82) is 0 Å². The smallest absolute Gasteiger partial charge is 0.329 e. The molecular weight excluding hydrogens is 306 g/mol. The Labute approximate surface area is 139 Å². The van der Waals surface area contributed by atoms with Crippen LogP contribution in [0.2, 0.25) is 0 Å².